The molecule has 92 valence electrons. The van der Waals surface area contributed by atoms with Gasteiger partial charge < -0.3 is 14.6 Å². The Morgan fingerprint density at radius 1 is 1.44 bits per heavy atom. The molecule has 0 amide bonds. The molecule has 0 saturated carbocycles. The van der Waals surface area contributed by atoms with Crippen LogP contribution in [0.3, 0.4) is 0 Å². The largest absolute Gasteiger partial charge is 0.383 e. The molecule has 0 aliphatic rings. The minimum absolute atomic E-state index is 0.747. The van der Waals surface area contributed by atoms with E-state index in [0.29, 0.717) is 0 Å². The molecule has 4 nitrogen and oxygen atoms in total. The maximum atomic E-state index is 4.96. The van der Waals surface area contributed by atoms with E-state index in [2.05, 4.69) is 28.0 Å². The van der Waals surface area contributed by atoms with Crippen LogP contribution in [-0.2, 0) is 17.8 Å². The minimum Gasteiger partial charge on any atom is -0.383 e. The summed E-state index contributed by atoms with van der Waals surface area (Å²) in [7, 11) is 1.71. The van der Waals surface area contributed by atoms with Crippen LogP contribution in [0.25, 0.3) is 0 Å². The number of aromatic nitrogens is 2. The molecule has 0 atom stereocenters. The SMILES string of the molecule is CCCCCn1cnc(CNCCOC)c1. The molecule has 0 aliphatic heterocycles. The second-order valence-electron chi connectivity index (χ2n) is 3.98. The van der Waals surface area contributed by atoms with E-state index in [1.807, 2.05) is 6.33 Å². The van der Waals surface area contributed by atoms with Gasteiger partial charge in [0, 0.05) is 32.9 Å². The number of hydrogen-bond acceptors (Lipinski definition) is 3. The lowest BCUT2D eigenvalue weighted by atomic mass is 10.2. The quantitative estimate of drug-likeness (QED) is 0.651. The lowest BCUT2D eigenvalue weighted by Crippen LogP contribution is -2.18. The van der Waals surface area contributed by atoms with Crippen LogP contribution in [-0.4, -0.2) is 29.8 Å². The van der Waals surface area contributed by atoms with Gasteiger partial charge >= 0.3 is 0 Å². The summed E-state index contributed by atoms with van der Waals surface area (Å²) in [6.45, 7) is 5.75. The second kappa shape index (κ2) is 8.30. The summed E-state index contributed by atoms with van der Waals surface area (Å²) in [5, 5.41) is 3.28. The smallest absolute Gasteiger partial charge is 0.0949 e. The van der Waals surface area contributed by atoms with Crippen LogP contribution in [0.2, 0.25) is 0 Å². The Morgan fingerprint density at radius 3 is 3.06 bits per heavy atom. The van der Waals surface area contributed by atoms with Crippen molar-refractivity contribution in [2.24, 2.45) is 0 Å². The molecule has 4 heteroatoms. The van der Waals surface area contributed by atoms with Crippen molar-refractivity contribution < 1.29 is 4.74 Å². The molecule has 0 fully saturated rings. The first-order chi connectivity index (χ1) is 7.86. The maximum absolute atomic E-state index is 4.96. The number of methoxy groups -OCH3 is 1. The molecule has 1 rings (SSSR count). The minimum atomic E-state index is 0.747. The van der Waals surface area contributed by atoms with E-state index < -0.39 is 0 Å². The van der Waals surface area contributed by atoms with Crippen molar-refractivity contribution in [1.29, 1.82) is 0 Å². The highest BCUT2D eigenvalue weighted by atomic mass is 16.5. The number of nitrogens with one attached hydrogen (secondary N) is 1. The van der Waals surface area contributed by atoms with Gasteiger partial charge in [0.05, 0.1) is 18.6 Å². The standard InChI is InChI=1S/C12H23N3O/c1-3-4-5-7-15-10-12(14-11-15)9-13-6-8-16-2/h10-11,13H,3-9H2,1-2H3. The Morgan fingerprint density at radius 2 is 2.31 bits per heavy atom. The number of aryl methyl sites for hydroxylation is 1. The van der Waals surface area contributed by atoms with E-state index in [9.17, 15) is 0 Å². The molecular weight excluding hydrogens is 202 g/mol. The van der Waals surface area contributed by atoms with E-state index in [1.54, 1.807) is 7.11 Å². The van der Waals surface area contributed by atoms with Crippen LogP contribution >= 0.6 is 0 Å². The summed E-state index contributed by atoms with van der Waals surface area (Å²) >= 11 is 0. The Labute approximate surface area is 98.0 Å². The summed E-state index contributed by atoms with van der Waals surface area (Å²) in [4.78, 5) is 4.35. The van der Waals surface area contributed by atoms with Crippen LogP contribution in [0.4, 0.5) is 0 Å². The third-order valence-electron chi connectivity index (χ3n) is 2.50. The van der Waals surface area contributed by atoms with Gasteiger partial charge in [-0.3, -0.25) is 0 Å². The predicted molar refractivity (Wildman–Crippen MR) is 65.3 cm³/mol. The van der Waals surface area contributed by atoms with Gasteiger partial charge in [-0.05, 0) is 6.42 Å². The van der Waals surface area contributed by atoms with E-state index in [-0.39, 0.29) is 0 Å². The summed E-state index contributed by atoms with van der Waals surface area (Å²) in [6, 6.07) is 0. The van der Waals surface area contributed by atoms with Crippen molar-refractivity contribution in [1.82, 2.24) is 14.9 Å². The van der Waals surface area contributed by atoms with E-state index >= 15 is 0 Å². The average Bonchev–Trinajstić information content (AvgIpc) is 2.73. The maximum Gasteiger partial charge on any atom is 0.0949 e. The lowest BCUT2D eigenvalue weighted by molar-refractivity contribution is 0.199. The predicted octanol–water partition coefficient (Wildman–Crippen LogP) is 1.81. The number of imidazole rings is 1. The third kappa shape index (κ3) is 5.28. The van der Waals surface area contributed by atoms with Crippen molar-refractivity contribution in [3.05, 3.63) is 18.2 Å². The summed E-state index contributed by atoms with van der Waals surface area (Å²) in [5.41, 5.74) is 1.10. The van der Waals surface area contributed by atoms with Gasteiger partial charge in [0.2, 0.25) is 0 Å². The molecule has 1 N–H and O–H groups in total. The lowest BCUT2D eigenvalue weighted by Gasteiger charge is -2.01. The molecule has 1 aromatic heterocycles. The zero-order valence-corrected chi connectivity index (χ0v) is 10.4. The molecule has 0 unspecified atom stereocenters. The third-order valence-corrected chi connectivity index (χ3v) is 2.50. The number of nitrogens with zero attached hydrogens (tertiary/aromatic N) is 2. The van der Waals surface area contributed by atoms with E-state index in [0.717, 1.165) is 31.9 Å². The Balaban J connectivity index is 2.17. The van der Waals surface area contributed by atoms with Crippen molar-refractivity contribution in [3.8, 4) is 0 Å². The molecule has 1 aromatic rings. The fraction of sp³-hybridized carbons (Fsp3) is 0.750. The summed E-state index contributed by atoms with van der Waals surface area (Å²) in [6.07, 6.45) is 7.83. The van der Waals surface area contributed by atoms with Gasteiger partial charge in [-0.1, -0.05) is 19.8 Å². The summed E-state index contributed by atoms with van der Waals surface area (Å²) < 4.78 is 7.13. The van der Waals surface area contributed by atoms with Crippen LogP contribution in [0.1, 0.15) is 31.9 Å². The molecule has 0 spiro atoms. The molecule has 1 heterocycles. The molecular formula is C12H23N3O. The molecule has 16 heavy (non-hydrogen) atoms. The van der Waals surface area contributed by atoms with E-state index in [4.69, 9.17) is 4.74 Å². The van der Waals surface area contributed by atoms with Crippen LogP contribution in [0.5, 0.6) is 0 Å². The zero-order valence-electron chi connectivity index (χ0n) is 10.4. The highest BCUT2D eigenvalue weighted by molar-refractivity contribution is 4.95. The van der Waals surface area contributed by atoms with Gasteiger partial charge in [0.1, 0.15) is 0 Å². The van der Waals surface area contributed by atoms with Crippen molar-refractivity contribution in [2.45, 2.75) is 39.3 Å². The van der Waals surface area contributed by atoms with Crippen LogP contribution < -0.4 is 5.32 Å². The fourth-order valence-corrected chi connectivity index (χ4v) is 1.56. The molecule has 0 bridgehead atoms. The average molecular weight is 225 g/mol. The highest BCUT2D eigenvalue weighted by Gasteiger charge is 1.97. The van der Waals surface area contributed by atoms with Gasteiger partial charge in [0.15, 0.2) is 0 Å². The molecule has 0 radical (unpaired) electrons. The van der Waals surface area contributed by atoms with Crippen LogP contribution in [0.15, 0.2) is 12.5 Å². The van der Waals surface area contributed by atoms with Gasteiger partial charge in [-0.25, -0.2) is 4.98 Å². The Hall–Kier alpha value is -0.870. The van der Waals surface area contributed by atoms with Gasteiger partial charge in [-0.15, -0.1) is 0 Å². The summed E-state index contributed by atoms with van der Waals surface area (Å²) in [5.74, 6) is 0. The topological polar surface area (TPSA) is 39.1 Å². The van der Waals surface area contributed by atoms with Gasteiger partial charge in [0.25, 0.3) is 0 Å². The fourth-order valence-electron chi connectivity index (χ4n) is 1.56. The first-order valence-corrected chi connectivity index (χ1v) is 6.07. The first kappa shape index (κ1) is 13.2. The molecule has 0 saturated heterocycles. The molecule has 0 aromatic carbocycles. The van der Waals surface area contributed by atoms with E-state index in [1.165, 1.54) is 19.3 Å². The molecule has 0 aliphatic carbocycles. The second-order valence-corrected chi connectivity index (χ2v) is 3.98. The normalized spacial score (nSPS) is 10.9. The number of unbranched alkanes of at least 4 members (excludes halogenated alkanes) is 2. The number of hydrogen-bond donors (Lipinski definition) is 1. The highest BCUT2D eigenvalue weighted by Crippen LogP contribution is 2.01. The van der Waals surface area contributed by atoms with Crippen molar-refractivity contribution >= 4 is 0 Å². The first-order valence-electron chi connectivity index (χ1n) is 6.07. The monoisotopic (exact) mass is 225 g/mol. The Kier molecular flexibility index (Phi) is 6.85. The number of ether oxygens (including phenoxy) is 1. The van der Waals surface area contributed by atoms with Crippen molar-refractivity contribution in [2.75, 3.05) is 20.3 Å². The van der Waals surface area contributed by atoms with Gasteiger partial charge in [-0.2, -0.15) is 0 Å². The zero-order chi connectivity index (χ0) is 11.6. The van der Waals surface area contributed by atoms with Crippen LogP contribution in [0, 0.1) is 0 Å². The van der Waals surface area contributed by atoms with Crippen molar-refractivity contribution in [3.63, 3.8) is 0 Å². The Bertz CT molecular complexity index is 273. The number of rotatable bonds is 9.